The van der Waals surface area contributed by atoms with Gasteiger partial charge in [-0.25, -0.2) is 0 Å². The molecular formula is C20H30N4O3. The van der Waals surface area contributed by atoms with E-state index in [0.717, 1.165) is 50.0 Å². The Kier molecular flexibility index (Phi) is 7.79. The van der Waals surface area contributed by atoms with Crippen molar-refractivity contribution in [3.05, 3.63) is 23.8 Å². The van der Waals surface area contributed by atoms with Crippen molar-refractivity contribution in [2.75, 3.05) is 44.0 Å². The molecule has 1 heterocycles. The lowest BCUT2D eigenvalue weighted by molar-refractivity contribution is -0.122. The SMILES string of the molecule is CNC(=O)C(CCC=O)N(C)c1ccc(C2CCNCC2)cc1N(C)C=O. The molecule has 0 spiro atoms. The Morgan fingerprint density at radius 2 is 1.96 bits per heavy atom. The minimum atomic E-state index is -0.483. The van der Waals surface area contributed by atoms with Crippen LogP contribution in [0.3, 0.4) is 0 Å². The van der Waals surface area contributed by atoms with Crippen LogP contribution in [0.4, 0.5) is 11.4 Å². The van der Waals surface area contributed by atoms with Crippen LogP contribution < -0.4 is 20.4 Å². The molecule has 0 aromatic heterocycles. The fourth-order valence-corrected chi connectivity index (χ4v) is 3.65. The zero-order valence-electron chi connectivity index (χ0n) is 16.4. The van der Waals surface area contributed by atoms with Crippen LogP contribution in [0.25, 0.3) is 0 Å². The second kappa shape index (κ2) is 10.1. The van der Waals surface area contributed by atoms with E-state index in [1.54, 1.807) is 14.1 Å². The summed E-state index contributed by atoms with van der Waals surface area (Å²) in [6.07, 6.45) is 4.45. The number of carbonyl (C=O) groups is 3. The highest BCUT2D eigenvalue weighted by molar-refractivity contribution is 5.89. The summed E-state index contributed by atoms with van der Waals surface area (Å²) in [6.45, 7) is 1.99. The van der Waals surface area contributed by atoms with Crippen LogP contribution in [0.15, 0.2) is 18.2 Å². The number of carbonyl (C=O) groups excluding carboxylic acids is 3. The van der Waals surface area contributed by atoms with Crippen molar-refractivity contribution in [2.45, 2.75) is 37.6 Å². The molecule has 0 bridgehead atoms. The standard InChI is InChI=1S/C20H30N4O3/c1-21-20(27)18(5-4-12-25)24(3)17-7-6-16(13-19(17)23(2)14-26)15-8-10-22-11-9-15/h6-7,12-15,18,22H,4-5,8-11H2,1-3H3,(H,21,27). The van der Waals surface area contributed by atoms with Gasteiger partial charge < -0.3 is 25.2 Å². The lowest BCUT2D eigenvalue weighted by atomic mass is 9.89. The molecule has 1 fully saturated rings. The van der Waals surface area contributed by atoms with E-state index in [1.165, 1.54) is 10.5 Å². The van der Waals surface area contributed by atoms with E-state index in [4.69, 9.17) is 0 Å². The topological polar surface area (TPSA) is 81.8 Å². The highest BCUT2D eigenvalue weighted by atomic mass is 16.2. The molecule has 1 saturated heterocycles. The van der Waals surface area contributed by atoms with E-state index in [1.807, 2.05) is 18.0 Å². The molecule has 1 aromatic rings. The second-order valence-electron chi connectivity index (χ2n) is 6.97. The van der Waals surface area contributed by atoms with Gasteiger partial charge in [0.15, 0.2) is 0 Å². The molecule has 1 unspecified atom stereocenters. The summed E-state index contributed by atoms with van der Waals surface area (Å²) < 4.78 is 0. The molecule has 148 valence electrons. The zero-order chi connectivity index (χ0) is 19.8. The van der Waals surface area contributed by atoms with Gasteiger partial charge in [-0.15, -0.1) is 0 Å². The first-order valence-electron chi connectivity index (χ1n) is 9.44. The number of nitrogens with zero attached hydrogens (tertiary/aromatic N) is 2. The smallest absolute Gasteiger partial charge is 0.242 e. The molecule has 2 N–H and O–H groups in total. The van der Waals surface area contributed by atoms with Gasteiger partial charge >= 0.3 is 0 Å². The number of likely N-dealkylation sites (N-methyl/N-ethyl adjacent to an activating group) is 2. The van der Waals surface area contributed by atoms with E-state index >= 15 is 0 Å². The number of anilines is 2. The van der Waals surface area contributed by atoms with Crippen LogP contribution in [0.5, 0.6) is 0 Å². The zero-order valence-corrected chi connectivity index (χ0v) is 16.4. The van der Waals surface area contributed by atoms with Crippen LogP contribution in [0, 0.1) is 0 Å². The number of benzene rings is 1. The maximum atomic E-state index is 12.3. The summed E-state index contributed by atoms with van der Waals surface area (Å²) in [5.41, 5.74) is 2.77. The van der Waals surface area contributed by atoms with Gasteiger partial charge in [0, 0.05) is 27.6 Å². The third-order valence-corrected chi connectivity index (χ3v) is 5.30. The van der Waals surface area contributed by atoms with E-state index in [9.17, 15) is 14.4 Å². The van der Waals surface area contributed by atoms with Crippen molar-refractivity contribution < 1.29 is 14.4 Å². The Labute approximate surface area is 161 Å². The molecule has 0 saturated carbocycles. The third-order valence-electron chi connectivity index (χ3n) is 5.30. The molecule has 2 rings (SSSR count). The van der Waals surface area contributed by atoms with Crippen molar-refractivity contribution in [2.24, 2.45) is 0 Å². The van der Waals surface area contributed by atoms with Gasteiger partial charge in [-0.05, 0) is 56.0 Å². The Balaban J connectivity index is 2.38. The molecule has 7 heteroatoms. The number of aldehydes is 1. The fraction of sp³-hybridized carbons (Fsp3) is 0.550. The Morgan fingerprint density at radius 3 is 2.56 bits per heavy atom. The van der Waals surface area contributed by atoms with E-state index < -0.39 is 6.04 Å². The number of nitrogens with one attached hydrogen (secondary N) is 2. The molecule has 27 heavy (non-hydrogen) atoms. The van der Waals surface area contributed by atoms with Gasteiger partial charge in [-0.1, -0.05) is 6.07 Å². The predicted molar refractivity (Wildman–Crippen MR) is 107 cm³/mol. The maximum absolute atomic E-state index is 12.3. The summed E-state index contributed by atoms with van der Waals surface area (Å²) in [6, 6.07) is 5.63. The first-order valence-corrected chi connectivity index (χ1v) is 9.44. The monoisotopic (exact) mass is 374 g/mol. The molecule has 0 aliphatic carbocycles. The van der Waals surface area contributed by atoms with Crippen LogP contribution >= 0.6 is 0 Å². The average molecular weight is 374 g/mol. The Bertz CT molecular complexity index is 659. The van der Waals surface area contributed by atoms with Crippen LogP contribution in [0.1, 0.15) is 37.2 Å². The summed E-state index contributed by atoms with van der Waals surface area (Å²) in [4.78, 5) is 38.0. The van der Waals surface area contributed by atoms with Crippen molar-refractivity contribution in [1.29, 1.82) is 0 Å². The van der Waals surface area contributed by atoms with Crippen LogP contribution in [-0.4, -0.2) is 58.9 Å². The number of hydrogen-bond acceptors (Lipinski definition) is 5. The molecule has 1 atom stereocenters. The number of piperidine rings is 1. The van der Waals surface area contributed by atoms with Gasteiger partial charge in [-0.2, -0.15) is 0 Å². The van der Waals surface area contributed by atoms with Crippen molar-refractivity contribution >= 4 is 30.0 Å². The fourth-order valence-electron chi connectivity index (χ4n) is 3.65. The predicted octanol–water partition coefficient (Wildman–Crippen LogP) is 1.28. The molecular weight excluding hydrogens is 344 g/mol. The summed E-state index contributed by atoms with van der Waals surface area (Å²) in [5, 5.41) is 6.03. The Morgan fingerprint density at radius 1 is 1.26 bits per heavy atom. The van der Waals surface area contributed by atoms with E-state index in [-0.39, 0.29) is 5.91 Å². The second-order valence-corrected chi connectivity index (χ2v) is 6.97. The van der Waals surface area contributed by atoms with Gasteiger partial charge in [0.05, 0.1) is 11.4 Å². The Hall–Kier alpha value is -2.41. The van der Waals surface area contributed by atoms with Crippen molar-refractivity contribution in [3.63, 3.8) is 0 Å². The highest BCUT2D eigenvalue weighted by Crippen LogP contribution is 2.35. The minimum absolute atomic E-state index is 0.151. The van der Waals surface area contributed by atoms with Crippen molar-refractivity contribution in [3.8, 4) is 0 Å². The molecule has 1 aromatic carbocycles. The molecule has 7 nitrogen and oxygen atoms in total. The molecule has 0 radical (unpaired) electrons. The number of hydrogen-bond donors (Lipinski definition) is 2. The van der Waals surface area contributed by atoms with Gasteiger partial charge in [-0.3, -0.25) is 9.59 Å². The third kappa shape index (κ3) is 5.07. The van der Waals surface area contributed by atoms with Gasteiger partial charge in [0.2, 0.25) is 12.3 Å². The minimum Gasteiger partial charge on any atom is -0.361 e. The summed E-state index contributed by atoms with van der Waals surface area (Å²) in [5.74, 6) is 0.315. The average Bonchev–Trinajstić information content (AvgIpc) is 2.73. The summed E-state index contributed by atoms with van der Waals surface area (Å²) >= 11 is 0. The molecule has 1 aliphatic rings. The number of rotatable bonds is 9. The van der Waals surface area contributed by atoms with Gasteiger partial charge in [0.25, 0.3) is 0 Å². The lowest BCUT2D eigenvalue weighted by Crippen LogP contribution is -2.44. The van der Waals surface area contributed by atoms with Gasteiger partial charge in [0.1, 0.15) is 12.3 Å². The van der Waals surface area contributed by atoms with Crippen molar-refractivity contribution in [1.82, 2.24) is 10.6 Å². The van der Waals surface area contributed by atoms with Crippen LogP contribution in [0.2, 0.25) is 0 Å². The first-order chi connectivity index (χ1) is 13.0. The maximum Gasteiger partial charge on any atom is 0.242 e. The first kappa shape index (κ1) is 20.9. The van der Waals surface area contributed by atoms with E-state index in [0.29, 0.717) is 18.8 Å². The molecule has 2 amide bonds. The lowest BCUT2D eigenvalue weighted by Gasteiger charge is -2.32. The quantitative estimate of drug-likeness (QED) is 0.637. The number of amides is 2. The molecule has 1 aliphatic heterocycles. The van der Waals surface area contributed by atoms with Crippen LogP contribution in [-0.2, 0) is 14.4 Å². The van der Waals surface area contributed by atoms with E-state index in [2.05, 4.69) is 22.8 Å². The largest absolute Gasteiger partial charge is 0.361 e. The normalized spacial score (nSPS) is 15.7. The summed E-state index contributed by atoms with van der Waals surface area (Å²) in [7, 11) is 5.13. The highest BCUT2D eigenvalue weighted by Gasteiger charge is 2.26.